The predicted molar refractivity (Wildman–Crippen MR) is 76.1 cm³/mol. The largest absolute Gasteiger partial charge is 0.466 e. The van der Waals surface area contributed by atoms with Gasteiger partial charge in [0, 0.05) is 25.4 Å². The third-order valence-electron chi connectivity index (χ3n) is 4.38. The number of amides is 1. The molecule has 0 spiro atoms. The lowest BCUT2D eigenvalue weighted by Crippen LogP contribution is -2.44. The highest BCUT2D eigenvalue weighted by Gasteiger charge is 2.29. The lowest BCUT2D eigenvalue weighted by atomic mass is 9.91. The van der Waals surface area contributed by atoms with Crippen molar-refractivity contribution < 1.29 is 14.3 Å². The Labute approximate surface area is 121 Å². The van der Waals surface area contributed by atoms with Crippen molar-refractivity contribution >= 4 is 11.9 Å². The summed E-state index contributed by atoms with van der Waals surface area (Å²) in [6.07, 6.45) is 4.28. The molecule has 1 amide bonds. The Bertz CT molecular complexity index is 332. The Morgan fingerprint density at radius 1 is 1.15 bits per heavy atom. The molecule has 5 nitrogen and oxygen atoms in total. The monoisotopic (exact) mass is 282 g/mol. The molecule has 2 rings (SSSR count). The minimum atomic E-state index is -0.101. The highest BCUT2D eigenvalue weighted by molar-refractivity contribution is 5.79. The summed E-state index contributed by atoms with van der Waals surface area (Å²) >= 11 is 0. The first-order chi connectivity index (χ1) is 9.70. The van der Waals surface area contributed by atoms with Crippen molar-refractivity contribution in [3.63, 3.8) is 0 Å². The van der Waals surface area contributed by atoms with Crippen LogP contribution < -0.4 is 5.32 Å². The number of likely N-dealkylation sites (tertiary alicyclic amines) is 1. The minimum Gasteiger partial charge on any atom is -0.466 e. The number of nitrogens with one attached hydrogen (secondary N) is 1. The minimum absolute atomic E-state index is 0.101. The van der Waals surface area contributed by atoms with Crippen LogP contribution in [0, 0.1) is 11.8 Å². The van der Waals surface area contributed by atoms with Crippen molar-refractivity contribution in [2.24, 2.45) is 11.8 Å². The maximum Gasteiger partial charge on any atom is 0.306 e. The van der Waals surface area contributed by atoms with Crippen LogP contribution in [0.4, 0.5) is 0 Å². The number of nitrogens with zero attached hydrogens (tertiary/aromatic N) is 1. The van der Waals surface area contributed by atoms with Gasteiger partial charge in [-0.15, -0.1) is 0 Å². The Kier molecular flexibility index (Phi) is 5.83. The SMILES string of the molecule is CCOC(=O)CC1CCN(C(=O)C2CCNCC2)CC1. The molecule has 0 aromatic heterocycles. The fraction of sp³-hybridized carbons (Fsp3) is 0.867. The molecule has 0 saturated carbocycles. The van der Waals surface area contributed by atoms with E-state index in [1.807, 2.05) is 11.8 Å². The van der Waals surface area contributed by atoms with Gasteiger partial charge < -0.3 is 15.0 Å². The number of rotatable bonds is 4. The van der Waals surface area contributed by atoms with E-state index >= 15 is 0 Å². The molecular formula is C15H26N2O3. The smallest absolute Gasteiger partial charge is 0.306 e. The van der Waals surface area contributed by atoms with Crippen LogP contribution in [0.5, 0.6) is 0 Å². The second-order valence-electron chi connectivity index (χ2n) is 5.80. The van der Waals surface area contributed by atoms with Crippen LogP contribution in [0.3, 0.4) is 0 Å². The second-order valence-corrected chi connectivity index (χ2v) is 5.80. The zero-order valence-electron chi connectivity index (χ0n) is 12.4. The number of piperidine rings is 2. The van der Waals surface area contributed by atoms with Gasteiger partial charge in [-0.2, -0.15) is 0 Å². The molecule has 0 aliphatic carbocycles. The van der Waals surface area contributed by atoms with E-state index in [0.29, 0.717) is 24.9 Å². The van der Waals surface area contributed by atoms with E-state index in [9.17, 15) is 9.59 Å². The number of carbonyl (C=O) groups is 2. The second kappa shape index (κ2) is 7.62. The van der Waals surface area contributed by atoms with E-state index in [2.05, 4.69) is 5.32 Å². The zero-order chi connectivity index (χ0) is 14.4. The molecule has 2 aliphatic rings. The third-order valence-corrected chi connectivity index (χ3v) is 4.38. The quantitative estimate of drug-likeness (QED) is 0.787. The fourth-order valence-electron chi connectivity index (χ4n) is 3.14. The van der Waals surface area contributed by atoms with Gasteiger partial charge in [0.15, 0.2) is 0 Å². The average Bonchev–Trinajstić information content (AvgIpc) is 2.48. The number of hydrogen-bond donors (Lipinski definition) is 1. The molecule has 5 heteroatoms. The number of hydrogen-bond acceptors (Lipinski definition) is 4. The van der Waals surface area contributed by atoms with E-state index in [0.717, 1.165) is 51.9 Å². The molecule has 0 bridgehead atoms. The summed E-state index contributed by atoms with van der Waals surface area (Å²) in [6.45, 7) is 5.79. The first-order valence-corrected chi connectivity index (χ1v) is 7.85. The van der Waals surface area contributed by atoms with Gasteiger partial charge >= 0.3 is 5.97 Å². The van der Waals surface area contributed by atoms with Gasteiger partial charge in [0.2, 0.25) is 5.91 Å². The molecular weight excluding hydrogens is 256 g/mol. The molecule has 2 aliphatic heterocycles. The molecule has 2 fully saturated rings. The molecule has 0 unspecified atom stereocenters. The highest BCUT2D eigenvalue weighted by Crippen LogP contribution is 2.24. The van der Waals surface area contributed by atoms with Gasteiger partial charge in [-0.05, 0) is 51.6 Å². The fourth-order valence-corrected chi connectivity index (χ4v) is 3.14. The molecule has 114 valence electrons. The lowest BCUT2D eigenvalue weighted by Gasteiger charge is -2.35. The van der Waals surface area contributed by atoms with Gasteiger partial charge in [0.1, 0.15) is 0 Å². The van der Waals surface area contributed by atoms with Crippen LogP contribution in [0.15, 0.2) is 0 Å². The van der Waals surface area contributed by atoms with Gasteiger partial charge in [0.05, 0.1) is 6.61 Å². The zero-order valence-corrected chi connectivity index (χ0v) is 12.4. The van der Waals surface area contributed by atoms with E-state index in [-0.39, 0.29) is 11.9 Å². The molecule has 2 saturated heterocycles. The van der Waals surface area contributed by atoms with Gasteiger partial charge in [-0.3, -0.25) is 9.59 Å². The van der Waals surface area contributed by atoms with E-state index in [4.69, 9.17) is 4.74 Å². The molecule has 20 heavy (non-hydrogen) atoms. The van der Waals surface area contributed by atoms with Crippen LogP contribution in [-0.2, 0) is 14.3 Å². The van der Waals surface area contributed by atoms with Crippen molar-refractivity contribution in [1.82, 2.24) is 10.2 Å². The third kappa shape index (κ3) is 4.20. The molecule has 0 aromatic carbocycles. The van der Waals surface area contributed by atoms with Gasteiger partial charge in [-0.1, -0.05) is 0 Å². The van der Waals surface area contributed by atoms with Crippen molar-refractivity contribution in [3.05, 3.63) is 0 Å². The van der Waals surface area contributed by atoms with Crippen molar-refractivity contribution in [2.45, 2.75) is 39.0 Å². The summed E-state index contributed by atoms with van der Waals surface area (Å²) in [5.74, 6) is 0.806. The summed E-state index contributed by atoms with van der Waals surface area (Å²) in [5.41, 5.74) is 0. The van der Waals surface area contributed by atoms with E-state index < -0.39 is 0 Å². The number of ether oxygens (including phenoxy) is 1. The topological polar surface area (TPSA) is 58.6 Å². The van der Waals surface area contributed by atoms with Gasteiger partial charge in [-0.25, -0.2) is 0 Å². The summed E-state index contributed by atoms with van der Waals surface area (Å²) in [6, 6.07) is 0. The Morgan fingerprint density at radius 3 is 2.40 bits per heavy atom. The molecule has 0 radical (unpaired) electrons. The van der Waals surface area contributed by atoms with Crippen LogP contribution in [0.2, 0.25) is 0 Å². The first-order valence-electron chi connectivity index (χ1n) is 7.85. The molecule has 0 atom stereocenters. The van der Waals surface area contributed by atoms with Crippen molar-refractivity contribution in [2.75, 3.05) is 32.8 Å². The standard InChI is InChI=1S/C15H26N2O3/c1-2-20-14(18)11-12-5-9-17(10-6-12)15(19)13-3-7-16-8-4-13/h12-13,16H,2-11H2,1H3. The Morgan fingerprint density at radius 2 is 1.80 bits per heavy atom. The maximum atomic E-state index is 12.4. The summed E-state index contributed by atoms with van der Waals surface area (Å²) in [5, 5.41) is 3.29. The number of esters is 1. The van der Waals surface area contributed by atoms with E-state index in [1.165, 1.54) is 0 Å². The summed E-state index contributed by atoms with van der Waals surface area (Å²) in [7, 11) is 0. The first kappa shape index (κ1) is 15.3. The van der Waals surface area contributed by atoms with Crippen molar-refractivity contribution in [1.29, 1.82) is 0 Å². The van der Waals surface area contributed by atoms with Crippen LogP contribution in [0.25, 0.3) is 0 Å². The molecule has 1 N–H and O–H groups in total. The highest BCUT2D eigenvalue weighted by atomic mass is 16.5. The Hall–Kier alpha value is -1.10. The normalized spacial score (nSPS) is 21.8. The molecule has 0 aromatic rings. The van der Waals surface area contributed by atoms with E-state index in [1.54, 1.807) is 0 Å². The van der Waals surface area contributed by atoms with Crippen LogP contribution in [0.1, 0.15) is 39.0 Å². The predicted octanol–water partition coefficient (Wildman–Crippen LogP) is 1.18. The Balaban J connectivity index is 1.73. The molecule has 2 heterocycles. The summed E-state index contributed by atoms with van der Waals surface area (Å²) < 4.78 is 4.99. The lowest BCUT2D eigenvalue weighted by molar-refractivity contribution is -0.144. The average molecular weight is 282 g/mol. The maximum absolute atomic E-state index is 12.4. The van der Waals surface area contributed by atoms with Gasteiger partial charge in [0.25, 0.3) is 0 Å². The summed E-state index contributed by atoms with van der Waals surface area (Å²) in [4.78, 5) is 25.9. The van der Waals surface area contributed by atoms with Crippen LogP contribution in [-0.4, -0.2) is 49.6 Å². The van der Waals surface area contributed by atoms with Crippen molar-refractivity contribution in [3.8, 4) is 0 Å². The number of carbonyl (C=O) groups excluding carboxylic acids is 2. The van der Waals surface area contributed by atoms with Crippen LogP contribution >= 0.6 is 0 Å².